The van der Waals surface area contributed by atoms with Crippen molar-refractivity contribution >= 4 is 6.09 Å². The van der Waals surface area contributed by atoms with Gasteiger partial charge in [0.15, 0.2) is 0 Å². The zero-order valence-corrected chi connectivity index (χ0v) is 8.99. The monoisotopic (exact) mass is 200 g/mol. The molecule has 2 unspecified atom stereocenters. The Hall–Kier alpha value is -0.770. The smallest absolute Gasteiger partial charge is 0.407 e. The Morgan fingerprint density at radius 3 is 2.86 bits per heavy atom. The number of nitrogens with two attached hydrogens (primary N) is 1. The summed E-state index contributed by atoms with van der Waals surface area (Å²) in [6, 6.07) is -0.0210. The van der Waals surface area contributed by atoms with Crippen molar-refractivity contribution in [2.75, 3.05) is 6.54 Å². The molecule has 1 aliphatic heterocycles. The van der Waals surface area contributed by atoms with Gasteiger partial charge in [-0.15, -0.1) is 0 Å². The van der Waals surface area contributed by atoms with Crippen LogP contribution < -0.4 is 5.73 Å². The summed E-state index contributed by atoms with van der Waals surface area (Å²) in [5.41, 5.74) is 5.66. The molecule has 1 rings (SSSR count). The minimum Gasteiger partial charge on any atom is -0.465 e. The van der Waals surface area contributed by atoms with Crippen LogP contribution in [0.2, 0.25) is 0 Å². The Kier molecular flexibility index (Phi) is 3.37. The van der Waals surface area contributed by atoms with E-state index in [1.54, 1.807) is 0 Å². The first kappa shape index (κ1) is 11.3. The average Bonchev–Trinajstić information content (AvgIpc) is 2.10. The highest BCUT2D eigenvalue weighted by Crippen LogP contribution is 2.31. The standard InChI is InChI=1S/C10H20N2O2/c1-3-6-10(2)8(11)5-4-7-12(10)9(13)14/h8H,3-7,11H2,1-2H3,(H,13,14). The van der Waals surface area contributed by atoms with Crippen molar-refractivity contribution in [2.45, 2.75) is 51.1 Å². The second-order valence-corrected chi connectivity index (χ2v) is 4.29. The van der Waals surface area contributed by atoms with Gasteiger partial charge in [0, 0.05) is 12.6 Å². The number of carboxylic acid groups (broad SMARTS) is 1. The topological polar surface area (TPSA) is 66.6 Å². The number of carbonyl (C=O) groups is 1. The number of likely N-dealkylation sites (tertiary alicyclic amines) is 1. The van der Waals surface area contributed by atoms with Gasteiger partial charge in [-0.2, -0.15) is 0 Å². The fraction of sp³-hybridized carbons (Fsp3) is 0.900. The molecule has 0 aliphatic carbocycles. The van der Waals surface area contributed by atoms with Crippen LogP contribution in [0.15, 0.2) is 0 Å². The third-order valence-electron chi connectivity index (χ3n) is 3.30. The van der Waals surface area contributed by atoms with E-state index in [4.69, 9.17) is 10.8 Å². The number of hydrogen-bond donors (Lipinski definition) is 2. The zero-order chi connectivity index (χ0) is 10.8. The molecule has 0 bridgehead atoms. The lowest BCUT2D eigenvalue weighted by atomic mass is 9.81. The van der Waals surface area contributed by atoms with Crippen LogP contribution in [-0.4, -0.2) is 34.2 Å². The molecule has 14 heavy (non-hydrogen) atoms. The summed E-state index contributed by atoms with van der Waals surface area (Å²) in [6.07, 6.45) is 2.79. The molecule has 0 aromatic rings. The number of hydrogen-bond acceptors (Lipinski definition) is 2. The predicted octanol–water partition coefficient (Wildman–Crippen LogP) is 1.65. The van der Waals surface area contributed by atoms with Gasteiger partial charge in [-0.25, -0.2) is 4.79 Å². The third kappa shape index (κ3) is 1.85. The van der Waals surface area contributed by atoms with Crippen LogP contribution in [0.1, 0.15) is 39.5 Å². The zero-order valence-electron chi connectivity index (χ0n) is 8.99. The Labute approximate surface area is 85.1 Å². The van der Waals surface area contributed by atoms with E-state index in [9.17, 15) is 4.79 Å². The maximum absolute atomic E-state index is 11.1. The molecule has 0 aromatic carbocycles. The molecule has 0 aromatic heterocycles. The summed E-state index contributed by atoms with van der Waals surface area (Å²) in [7, 11) is 0. The summed E-state index contributed by atoms with van der Waals surface area (Å²) in [5.74, 6) is 0. The van der Waals surface area contributed by atoms with Crippen molar-refractivity contribution in [3.05, 3.63) is 0 Å². The molecule has 0 radical (unpaired) electrons. The molecule has 3 N–H and O–H groups in total. The van der Waals surface area contributed by atoms with Gasteiger partial charge in [-0.1, -0.05) is 13.3 Å². The lowest BCUT2D eigenvalue weighted by molar-refractivity contribution is 0.0381. The Balaban J connectivity index is 2.85. The van der Waals surface area contributed by atoms with Crippen molar-refractivity contribution in [2.24, 2.45) is 5.73 Å². The van der Waals surface area contributed by atoms with Crippen LogP contribution in [0, 0.1) is 0 Å². The maximum Gasteiger partial charge on any atom is 0.407 e. The summed E-state index contributed by atoms with van der Waals surface area (Å²) in [4.78, 5) is 12.6. The molecule has 82 valence electrons. The van der Waals surface area contributed by atoms with Gasteiger partial charge >= 0.3 is 6.09 Å². The number of rotatable bonds is 2. The summed E-state index contributed by atoms with van der Waals surface area (Å²) in [5, 5.41) is 9.09. The quantitative estimate of drug-likeness (QED) is 0.712. The normalized spacial score (nSPS) is 33.1. The summed E-state index contributed by atoms with van der Waals surface area (Å²) < 4.78 is 0. The number of nitrogens with zero attached hydrogens (tertiary/aromatic N) is 1. The van der Waals surface area contributed by atoms with Crippen molar-refractivity contribution in [3.63, 3.8) is 0 Å². The number of piperidine rings is 1. The Morgan fingerprint density at radius 2 is 2.36 bits per heavy atom. The first-order valence-corrected chi connectivity index (χ1v) is 5.28. The van der Waals surface area contributed by atoms with Gasteiger partial charge in [0.05, 0.1) is 5.54 Å². The van der Waals surface area contributed by atoms with Gasteiger partial charge in [0.25, 0.3) is 0 Å². The van der Waals surface area contributed by atoms with E-state index < -0.39 is 6.09 Å². The largest absolute Gasteiger partial charge is 0.465 e. The van der Waals surface area contributed by atoms with E-state index in [1.165, 1.54) is 4.90 Å². The molecule has 2 atom stereocenters. The van der Waals surface area contributed by atoms with Crippen LogP contribution in [0.25, 0.3) is 0 Å². The van der Waals surface area contributed by atoms with E-state index in [0.717, 1.165) is 25.7 Å². The lowest BCUT2D eigenvalue weighted by Gasteiger charge is -2.47. The summed E-state index contributed by atoms with van der Waals surface area (Å²) >= 11 is 0. The molecule has 4 heteroatoms. The van der Waals surface area contributed by atoms with Crippen LogP contribution in [0.5, 0.6) is 0 Å². The fourth-order valence-electron chi connectivity index (χ4n) is 2.38. The molecule has 0 saturated carbocycles. The van der Waals surface area contributed by atoms with Crippen molar-refractivity contribution in [3.8, 4) is 0 Å². The van der Waals surface area contributed by atoms with Crippen LogP contribution in [-0.2, 0) is 0 Å². The van der Waals surface area contributed by atoms with Crippen LogP contribution in [0.3, 0.4) is 0 Å². The first-order valence-electron chi connectivity index (χ1n) is 5.28. The molecule has 4 nitrogen and oxygen atoms in total. The lowest BCUT2D eigenvalue weighted by Crippen LogP contribution is -2.62. The Bertz CT molecular complexity index is 220. The molecule has 1 heterocycles. The van der Waals surface area contributed by atoms with E-state index in [0.29, 0.717) is 6.54 Å². The minimum atomic E-state index is -0.837. The van der Waals surface area contributed by atoms with Crippen molar-refractivity contribution in [1.82, 2.24) is 4.90 Å². The molecule has 0 spiro atoms. The van der Waals surface area contributed by atoms with E-state index in [2.05, 4.69) is 6.92 Å². The molecule has 1 saturated heterocycles. The van der Waals surface area contributed by atoms with E-state index in [1.807, 2.05) is 6.92 Å². The van der Waals surface area contributed by atoms with Crippen LogP contribution in [0.4, 0.5) is 4.79 Å². The maximum atomic E-state index is 11.1. The molecule has 1 amide bonds. The summed E-state index contributed by atoms with van der Waals surface area (Å²) in [6.45, 7) is 4.65. The minimum absolute atomic E-state index is 0.0210. The predicted molar refractivity (Wildman–Crippen MR) is 55.3 cm³/mol. The van der Waals surface area contributed by atoms with Gasteiger partial charge in [-0.05, 0) is 26.2 Å². The number of amides is 1. The van der Waals surface area contributed by atoms with Gasteiger partial charge < -0.3 is 15.7 Å². The van der Waals surface area contributed by atoms with Crippen LogP contribution >= 0.6 is 0 Å². The van der Waals surface area contributed by atoms with Crippen molar-refractivity contribution < 1.29 is 9.90 Å². The second-order valence-electron chi connectivity index (χ2n) is 4.29. The van der Waals surface area contributed by atoms with E-state index >= 15 is 0 Å². The SMILES string of the molecule is CCCC1(C)C(N)CCCN1C(=O)O. The van der Waals surface area contributed by atoms with E-state index in [-0.39, 0.29) is 11.6 Å². The Morgan fingerprint density at radius 1 is 1.71 bits per heavy atom. The molecular weight excluding hydrogens is 180 g/mol. The molecular formula is C10H20N2O2. The highest BCUT2D eigenvalue weighted by molar-refractivity contribution is 5.66. The second kappa shape index (κ2) is 4.17. The first-order chi connectivity index (χ1) is 6.52. The average molecular weight is 200 g/mol. The van der Waals surface area contributed by atoms with Gasteiger partial charge in [-0.3, -0.25) is 0 Å². The molecule has 1 fully saturated rings. The highest BCUT2D eigenvalue weighted by atomic mass is 16.4. The molecule has 1 aliphatic rings. The fourth-order valence-corrected chi connectivity index (χ4v) is 2.38. The highest BCUT2D eigenvalue weighted by Gasteiger charge is 2.42. The van der Waals surface area contributed by atoms with Gasteiger partial charge in [0.1, 0.15) is 0 Å². The van der Waals surface area contributed by atoms with Gasteiger partial charge in [0.2, 0.25) is 0 Å². The third-order valence-corrected chi connectivity index (χ3v) is 3.30. The van der Waals surface area contributed by atoms with Crippen molar-refractivity contribution in [1.29, 1.82) is 0 Å².